The zero-order valence-electron chi connectivity index (χ0n) is 14.7. The molecule has 0 N–H and O–H groups in total. The van der Waals surface area contributed by atoms with Crippen molar-refractivity contribution in [2.24, 2.45) is 0 Å². The molecule has 0 heterocycles. The van der Waals surface area contributed by atoms with Gasteiger partial charge in [-0.15, -0.1) is 0 Å². The molecule has 0 saturated heterocycles. The highest BCUT2D eigenvalue weighted by Gasteiger charge is 2.08. The number of ether oxygens (including phenoxy) is 2. The molecular formula is C22H21BrO3. The van der Waals surface area contributed by atoms with Crippen molar-refractivity contribution < 1.29 is 14.3 Å². The fraction of sp³-hybridized carbons (Fsp3) is 0.227. The molecule has 26 heavy (non-hydrogen) atoms. The van der Waals surface area contributed by atoms with Crippen LogP contribution in [-0.4, -0.2) is 12.6 Å². The number of carbonyl (C=O) groups is 1. The van der Waals surface area contributed by atoms with Crippen LogP contribution in [0.1, 0.15) is 24.5 Å². The van der Waals surface area contributed by atoms with Crippen molar-refractivity contribution in [2.75, 3.05) is 6.61 Å². The Hall–Kier alpha value is -2.33. The largest absolute Gasteiger partial charge is 0.489 e. The zero-order valence-corrected chi connectivity index (χ0v) is 16.3. The van der Waals surface area contributed by atoms with E-state index < -0.39 is 0 Å². The molecule has 0 saturated carbocycles. The number of para-hydroxylation sites is 1. The van der Waals surface area contributed by atoms with Gasteiger partial charge in [0.2, 0.25) is 0 Å². The molecule has 0 aromatic heterocycles. The molecule has 0 spiro atoms. The minimum Gasteiger partial charge on any atom is -0.489 e. The van der Waals surface area contributed by atoms with Crippen LogP contribution in [0.2, 0.25) is 0 Å². The van der Waals surface area contributed by atoms with Crippen molar-refractivity contribution >= 4 is 32.7 Å². The van der Waals surface area contributed by atoms with Gasteiger partial charge in [-0.2, -0.15) is 0 Å². The average Bonchev–Trinajstić information content (AvgIpc) is 2.66. The van der Waals surface area contributed by atoms with Gasteiger partial charge in [-0.05, 0) is 53.4 Å². The first-order valence-corrected chi connectivity index (χ1v) is 9.50. The van der Waals surface area contributed by atoms with E-state index in [0.717, 1.165) is 21.3 Å². The van der Waals surface area contributed by atoms with Gasteiger partial charge in [-0.1, -0.05) is 58.4 Å². The molecule has 0 atom stereocenters. The summed E-state index contributed by atoms with van der Waals surface area (Å²) in [4.78, 5) is 11.6. The maximum atomic E-state index is 11.6. The fourth-order valence-corrected chi connectivity index (χ4v) is 3.38. The van der Waals surface area contributed by atoms with Gasteiger partial charge >= 0.3 is 5.97 Å². The lowest BCUT2D eigenvalue weighted by Crippen LogP contribution is -2.06. The van der Waals surface area contributed by atoms with Crippen molar-refractivity contribution in [1.29, 1.82) is 0 Å². The Bertz CT molecular complexity index is 905. The molecule has 3 aromatic carbocycles. The normalized spacial score (nSPS) is 10.7. The Morgan fingerprint density at radius 1 is 1.04 bits per heavy atom. The van der Waals surface area contributed by atoms with Crippen LogP contribution < -0.4 is 4.74 Å². The second-order valence-corrected chi connectivity index (χ2v) is 6.85. The Kier molecular flexibility index (Phi) is 6.29. The van der Waals surface area contributed by atoms with Gasteiger partial charge in [-0.3, -0.25) is 4.79 Å². The molecule has 0 radical (unpaired) electrons. The number of rotatable bonds is 7. The van der Waals surface area contributed by atoms with Crippen molar-refractivity contribution in [3.8, 4) is 5.75 Å². The van der Waals surface area contributed by atoms with Gasteiger partial charge in [0.05, 0.1) is 6.61 Å². The summed E-state index contributed by atoms with van der Waals surface area (Å²) in [6.07, 6.45) is 0.970. The summed E-state index contributed by atoms with van der Waals surface area (Å²) in [5.41, 5.74) is 2.12. The van der Waals surface area contributed by atoms with E-state index in [2.05, 4.69) is 40.2 Å². The second kappa shape index (κ2) is 8.86. The SMILES string of the molecule is CCOC(=O)CCc1ccccc1OCc1ccc2c(Br)cccc2c1. The molecule has 3 nitrogen and oxygen atoms in total. The van der Waals surface area contributed by atoms with E-state index in [1.165, 1.54) is 10.8 Å². The smallest absolute Gasteiger partial charge is 0.306 e. The number of benzene rings is 3. The van der Waals surface area contributed by atoms with Crippen LogP contribution in [0.3, 0.4) is 0 Å². The molecule has 3 rings (SSSR count). The summed E-state index contributed by atoms with van der Waals surface area (Å²) in [6.45, 7) is 2.71. The Morgan fingerprint density at radius 2 is 1.88 bits per heavy atom. The van der Waals surface area contributed by atoms with Crippen LogP contribution in [0.5, 0.6) is 5.75 Å². The topological polar surface area (TPSA) is 35.5 Å². The number of carbonyl (C=O) groups excluding carboxylic acids is 1. The first-order valence-electron chi connectivity index (χ1n) is 8.71. The number of esters is 1. The zero-order chi connectivity index (χ0) is 18.4. The molecule has 0 amide bonds. The van der Waals surface area contributed by atoms with E-state index in [1.54, 1.807) is 0 Å². The minimum atomic E-state index is -0.178. The van der Waals surface area contributed by atoms with E-state index in [0.29, 0.717) is 26.1 Å². The number of aryl methyl sites for hydroxylation is 1. The molecule has 4 heteroatoms. The van der Waals surface area contributed by atoms with E-state index in [-0.39, 0.29) is 5.97 Å². The molecule has 0 aliphatic rings. The first-order chi connectivity index (χ1) is 12.7. The third-order valence-electron chi connectivity index (χ3n) is 4.16. The molecule has 0 fully saturated rings. The quantitative estimate of drug-likeness (QED) is 0.468. The van der Waals surface area contributed by atoms with Gasteiger partial charge in [0.25, 0.3) is 0 Å². The summed E-state index contributed by atoms with van der Waals surface area (Å²) >= 11 is 3.58. The molecule has 0 aliphatic carbocycles. The molecule has 3 aromatic rings. The van der Waals surface area contributed by atoms with Crippen LogP contribution in [0.25, 0.3) is 10.8 Å². The summed E-state index contributed by atoms with van der Waals surface area (Å²) in [5.74, 6) is 0.633. The van der Waals surface area contributed by atoms with Gasteiger partial charge in [0, 0.05) is 10.9 Å². The fourth-order valence-electron chi connectivity index (χ4n) is 2.87. The third-order valence-corrected chi connectivity index (χ3v) is 4.85. The monoisotopic (exact) mass is 412 g/mol. The van der Waals surface area contributed by atoms with E-state index in [1.807, 2.05) is 43.3 Å². The number of fused-ring (bicyclic) bond motifs is 1. The highest BCUT2D eigenvalue weighted by molar-refractivity contribution is 9.10. The number of hydrogen-bond acceptors (Lipinski definition) is 3. The van der Waals surface area contributed by atoms with Gasteiger partial charge in [0.1, 0.15) is 12.4 Å². The molecule has 0 bridgehead atoms. The maximum absolute atomic E-state index is 11.6. The summed E-state index contributed by atoms with van der Waals surface area (Å²) in [6, 6.07) is 20.3. The summed E-state index contributed by atoms with van der Waals surface area (Å²) in [5, 5.41) is 2.36. The minimum absolute atomic E-state index is 0.178. The van der Waals surface area contributed by atoms with Crippen LogP contribution in [-0.2, 0) is 22.6 Å². The number of halogens is 1. The van der Waals surface area contributed by atoms with Crippen LogP contribution in [0.4, 0.5) is 0 Å². The van der Waals surface area contributed by atoms with Gasteiger partial charge in [0.15, 0.2) is 0 Å². The standard InChI is InChI=1S/C22H21BrO3/c1-2-25-22(24)13-11-17-6-3-4-9-21(17)26-15-16-10-12-19-18(14-16)7-5-8-20(19)23/h3-10,12,14H,2,11,13,15H2,1H3. The third kappa shape index (κ3) is 4.64. The number of hydrogen-bond donors (Lipinski definition) is 0. The highest BCUT2D eigenvalue weighted by atomic mass is 79.9. The Morgan fingerprint density at radius 3 is 2.73 bits per heavy atom. The van der Waals surface area contributed by atoms with Crippen molar-refractivity contribution in [2.45, 2.75) is 26.4 Å². The maximum Gasteiger partial charge on any atom is 0.306 e. The van der Waals surface area contributed by atoms with Crippen LogP contribution in [0.15, 0.2) is 65.1 Å². The lowest BCUT2D eigenvalue weighted by Gasteiger charge is -2.12. The Balaban J connectivity index is 1.69. The second-order valence-electron chi connectivity index (χ2n) is 6.00. The van der Waals surface area contributed by atoms with Crippen LogP contribution >= 0.6 is 15.9 Å². The predicted octanol–water partition coefficient (Wildman–Crippen LogP) is 5.68. The van der Waals surface area contributed by atoms with Gasteiger partial charge in [-0.25, -0.2) is 0 Å². The predicted molar refractivity (Wildman–Crippen MR) is 107 cm³/mol. The summed E-state index contributed by atoms with van der Waals surface area (Å²) < 4.78 is 12.1. The lowest BCUT2D eigenvalue weighted by atomic mass is 10.1. The molecule has 0 aliphatic heterocycles. The van der Waals surface area contributed by atoms with Crippen molar-refractivity contribution in [1.82, 2.24) is 0 Å². The molecule has 0 unspecified atom stereocenters. The average molecular weight is 413 g/mol. The van der Waals surface area contributed by atoms with Crippen LogP contribution in [0, 0.1) is 0 Å². The van der Waals surface area contributed by atoms with Gasteiger partial charge < -0.3 is 9.47 Å². The lowest BCUT2D eigenvalue weighted by molar-refractivity contribution is -0.143. The molecule has 134 valence electrons. The summed E-state index contributed by atoms with van der Waals surface area (Å²) in [7, 11) is 0. The van der Waals surface area contributed by atoms with E-state index >= 15 is 0 Å². The first kappa shape index (κ1) is 18.5. The van der Waals surface area contributed by atoms with E-state index in [9.17, 15) is 4.79 Å². The van der Waals surface area contributed by atoms with Crippen molar-refractivity contribution in [3.05, 3.63) is 76.3 Å². The van der Waals surface area contributed by atoms with E-state index in [4.69, 9.17) is 9.47 Å². The Labute approximate surface area is 162 Å². The highest BCUT2D eigenvalue weighted by Crippen LogP contribution is 2.26. The van der Waals surface area contributed by atoms with Crippen molar-refractivity contribution in [3.63, 3.8) is 0 Å². The molecular weight excluding hydrogens is 392 g/mol.